The fourth-order valence-electron chi connectivity index (χ4n) is 2.68. The van der Waals surface area contributed by atoms with Crippen molar-refractivity contribution < 1.29 is 19.4 Å². The van der Waals surface area contributed by atoms with Crippen LogP contribution in [0.25, 0.3) is 0 Å². The summed E-state index contributed by atoms with van der Waals surface area (Å²) in [6.07, 6.45) is 1.52. The maximum absolute atomic E-state index is 11.9. The number of carboxylic acid groups (broad SMARTS) is 1. The SMILES string of the molecule is COCCN1C(=O)N(C(=O)O)C2CCCC21. The molecule has 2 unspecified atom stereocenters. The maximum Gasteiger partial charge on any atom is 0.415 e. The predicted molar refractivity (Wildman–Crippen MR) is 55.3 cm³/mol. The summed E-state index contributed by atoms with van der Waals surface area (Å²) in [5.74, 6) is 0. The smallest absolute Gasteiger partial charge is 0.415 e. The molecule has 0 bridgehead atoms. The third-order valence-corrected chi connectivity index (χ3v) is 3.37. The summed E-state index contributed by atoms with van der Waals surface area (Å²) in [4.78, 5) is 25.5. The highest BCUT2D eigenvalue weighted by Crippen LogP contribution is 2.35. The Morgan fingerprint density at radius 1 is 1.50 bits per heavy atom. The van der Waals surface area contributed by atoms with Crippen LogP contribution in [-0.4, -0.2) is 59.4 Å². The van der Waals surface area contributed by atoms with Crippen LogP contribution in [0.1, 0.15) is 19.3 Å². The number of methoxy groups -OCH3 is 1. The predicted octanol–water partition coefficient (Wildman–Crippen LogP) is 0.970. The zero-order valence-corrected chi connectivity index (χ0v) is 9.26. The van der Waals surface area contributed by atoms with Gasteiger partial charge >= 0.3 is 12.1 Å². The second-order valence-corrected chi connectivity index (χ2v) is 4.19. The van der Waals surface area contributed by atoms with Crippen LogP contribution in [0.4, 0.5) is 9.59 Å². The summed E-state index contributed by atoms with van der Waals surface area (Å²) in [5.41, 5.74) is 0. The number of imide groups is 1. The van der Waals surface area contributed by atoms with E-state index in [9.17, 15) is 9.59 Å². The lowest BCUT2D eigenvalue weighted by atomic mass is 10.2. The van der Waals surface area contributed by atoms with Gasteiger partial charge in [-0.25, -0.2) is 14.5 Å². The van der Waals surface area contributed by atoms with Crippen molar-refractivity contribution in [1.29, 1.82) is 0 Å². The lowest BCUT2D eigenvalue weighted by molar-refractivity contribution is 0.135. The molecule has 2 atom stereocenters. The van der Waals surface area contributed by atoms with Gasteiger partial charge in [0.15, 0.2) is 0 Å². The fourth-order valence-corrected chi connectivity index (χ4v) is 2.68. The Hall–Kier alpha value is -1.30. The summed E-state index contributed by atoms with van der Waals surface area (Å²) < 4.78 is 4.94. The number of hydrogen-bond donors (Lipinski definition) is 1. The van der Waals surface area contributed by atoms with Gasteiger partial charge in [-0.3, -0.25) is 0 Å². The highest BCUT2D eigenvalue weighted by atomic mass is 16.5. The Morgan fingerprint density at radius 3 is 2.81 bits per heavy atom. The molecule has 0 spiro atoms. The second kappa shape index (κ2) is 4.29. The van der Waals surface area contributed by atoms with Gasteiger partial charge in [-0.05, 0) is 19.3 Å². The number of amides is 3. The van der Waals surface area contributed by atoms with Gasteiger partial charge in [0, 0.05) is 13.7 Å². The Morgan fingerprint density at radius 2 is 2.19 bits per heavy atom. The number of ether oxygens (including phenoxy) is 1. The molecule has 0 radical (unpaired) electrons. The molecule has 0 aromatic carbocycles. The number of fused-ring (bicyclic) bond motifs is 1. The van der Waals surface area contributed by atoms with E-state index in [2.05, 4.69) is 0 Å². The van der Waals surface area contributed by atoms with Crippen molar-refractivity contribution in [2.75, 3.05) is 20.3 Å². The van der Waals surface area contributed by atoms with Gasteiger partial charge in [-0.2, -0.15) is 0 Å². The first kappa shape index (κ1) is 11.2. The molecule has 0 aromatic rings. The van der Waals surface area contributed by atoms with Crippen molar-refractivity contribution in [2.24, 2.45) is 0 Å². The van der Waals surface area contributed by atoms with E-state index in [0.717, 1.165) is 24.2 Å². The first-order valence-electron chi connectivity index (χ1n) is 5.48. The summed E-state index contributed by atoms with van der Waals surface area (Å²) in [6.45, 7) is 0.919. The van der Waals surface area contributed by atoms with Gasteiger partial charge < -0.3 is 14.7 Å². The van der Waals surface area contributed by atoms with Crippen LogP contribution in [0.15, 0.2) is 0 Å². The first-order chi connectivity index (χ1) is 7.66. The quantitative estimate of drug-likeness (QED) is 0.781. The number of urea groups is 1. The van der Waals surface area contributed by atoms with Crippen LogP contribution < -0.4 is 0 Å². The number of carbonyl (C=O) groups is 2. The topological polar surface area (TPSA) is 70.1 Å². The zero-order valence-electron chi connectivity index (χ0n) is 9.26. The fraction of sp³-hybridized carbons (Fsp3) is 0.800. The maximum atomic E-state index is 11.9. The summed E-state index contributed by atoms with van der Waals surface area (Å²) in [7, 11) is 1.57. The average Bonchev–Trinajstić information content (AvgIpc) is 2.75. The van der Waals surface area contributed by atoms with E-state index in [1.807, 2.05) is 0 Å². The highest BCUT2D eigenvalue weighted by molar-refractivity contribution is 5.92. The van der Waals surface area contributed by atoms with E-state index in [-0.39, 0.29) is 18.1 Å². The van der Waals surface area contributed by atoms with Crippen molar-refractivity contribution in [3.8, 4) is 0 Å². The molecule has 2 aliphatic rings. The van der Waals surface area contributed by atoms with E-state index < -0.39 is 6.09 Å². The van der Waals surface area contributed by atoms with Crippen molar-refractivity contribution in [2.45, 2.75) is 31.3 Å². The van der Waals surface area contributed by atoms with Crippen LogP contribution >= 0.6 is 0 Å². The molecule has 6 nitrogen and oxygen atoms in total. The lowest BCUT2D eigenvalue weighted by Crippen LogP contribution is -2.39. The minimum Gasteiger partial charge on any atom is -0.465 e. The summed E-state index contributed by atoms with van der Waals surface area (Å²) in [5, 5.41) is 9.02. The van der Waals surface area contributed by atoms with Gasteiger partial charge in [-0.15, -0.1) is 0 Å². The molecule has 2 rings (SSSR count). The Bertz CT molecular complexity index is 307. The molecule has 2 fully saturated rings. The molecule has 16 heavy (non-hydrogen) atoms. The minimum absolute atomic E-state index is 0.0544. The Labute approximate surface area is 93.8 Å². The molecule has 1 aliphatic carbocycles. The number of carbonyl (C=O) groups excluding carboxylic acids is 1. The van der Waals surface area contributed by atoms with E-state index >= 15 is 0 Å². The van der Waals surface area contributed by atoms with Crippen LogP contribution in [0.2, 0.25) is 0 Å². The molecule has 1 N–H and O–H groups in total. The number of hydrogen-bond acceptors (Lipinski definition) is 3. The normalized spacial score (nSPS) is 28.7. The monoisotopic (exact) mass is 228 g/mol. The van der Waals surface area contributed by atoms with Gasteiger partial charge in [0.1, 0.15) is 0 Å². The Kier molecular flexibility index (Phi) is 3.00. The van der Waals surface area contributed by atoms with E-state index in [1.165, 1.54) is 0 Å². The van der Waals surface area contributed by atoms with E-state index in [4.69, 9.17) is 9.84 Å². The molecular weight excluding hydrogens is 212 g/mol. The summed E-state index contributed by atoms with van der Waals surface area (Å²) in [6, 6.07) is -0.486. The van der Waals surface area contributed by atoms with Crippen molar-refractivity contribution in [3.63, 3.8) is 0 Å². The molecule has 6 heteroatoms. The van der Waals surface area contributed by atoms with Gasteiger partial charge in [0.2, 0.25) is 0 Å². The molecule has 1 saturated carbocycles. The molecule has 90 valence electrons. The average molecular weight is 228 g/mol. The lowest BCUT2D eigenvalue weighted by Gasteiger charge is -2.21. The van der Waals surface area contributed by atoms with Gasteiger partial charge in [-0.1, -0.05) is 0 Å². The standard InChI is InChI=1S/C10H16N2O4/c1-16-6-5-11-7-3-2-4-8(7)12(9(11)13)10(14)15/h7-8H,2-6H2,1H3,(H,14,15). The molecular formula is C10H16N2O4. The Balaban J connectivity index is 2.14. The van der Waals surface area contributed by atoms with E-state index in [0.29, 0.717) is 13.2 Å². The third-order valence-electron chi connectivity index (χ3n) is 3.37. The molecule has 1 saturated heterocycles. The molecule has 1 heterocycles. The van der Waals surface area contributed by atoms with Crippen LogP contribution in [-0.2, 0) is 4.74 Å². The minimum atomic E-state index is -1.14. The van der Waals surface area contributed by atoms with Crippen LogP contribution in [0.5, 0.6) is 0 Å². The summed E-state index contributed by atoms with van der Waals surface area (Å²) >= 11 is 0. The number of rotatable bonds is 3. The highest BCUT2D eigenvalue weighted by Gasteiger charge is 2.50. The zero-order chi connectivity index (χ0) is 11.7. The van der Waals surface area contributed by atoms with E-state index in [1.54, 1.807) is 12.0 Å². The van der Waals surface area contributed by atoms with Crippen molar-refractivity contribution >= 4 is 12.1 Å². The first-order valence-corrected chi connectivity index (χ1v) is 5.48. The third kappa shape index (κ3) is 1.63. The second-order valence-electron chi connectivity index (χ2n) is 4.19. The largest absolute Gasteiger partial charge is 0.465 e. The molecule has 1 aliphatic heterocycles. The van der Waals surface area contributed by atoms with Gasteiger partial charge in [0.25, 0.3) is 0 Å². The van der Waals surface area contributed by atoms with Crippen LogP contribution in [0, 0.1) is 0 Å². The van der Waals surface area contributed by atoms with Gasteiger partial charge in [0.05, 0.1) is 18.7 Å². The van der Waals surface area contributed by atoms with Crippen LogP contribution in [0.3, 0.4) is 0 Å². The van der Waals surface area contributed by atoms with Crippen molar-refractivity contribution in [3.05, 3.63) is 0 Å². The van der Waals surface area contributed by atoms with Crippen molar-refractivity contribution in [1.82, 2.24) is 9.80 Å². The molecule has 3 amide bonds. The number of nitrogens with zero attached hydrogens (tertiary/aromatic N) is 2. The molecule has 0 aromatic heterocycles.